The molecule has 5 heteroatoms. The van der Waals surface area contributed by atoms with Gasteiger partial charge in [0, 0.05) is 6.54 Å². The van der Waals surface area contributed by atoms with Gasteiger partial charge in [-0.1, -0.05) is 30.3 Å². The van der Waals surface area contributed by atoms with Crippen LogP contribution in [0.5, 0.6) is 0 Å². The smallest absolute Gasteiger partial charge is 0.404 e. The molecule has 1 aromatic rings. The fraction of sp³-hybridized carbons (Fsp3) is 0.467. The van der Waals surface area contributed by atoms with E-state index >= 15 is 0 Å². The fourth-order valence-electron chi connectivity index (χ4n) is 3.16. The van der Waals surface area contributed by atoms with E-state index < -0.39 is 11.5 Å². The van der Waals surface area contributed by atoms with Crippen molar-refractivity contribution in [1.82, 2.24) is 10.2 Å². The highest BCUT2D eigenvalue weighted by atomic mass is 16.4. The Labute approximate surface area is 117 Å². The fourth-order valence-corrected chi connectivity index (χ4v) is 3.16. The summed E-state index contributed by atoms with van der Waals surface area (Å²) in [6, 6.07) is 9.53. The van der Waals surface area contributed by atoms with Crippen molar-refractivity contribution in [2.24, 2.45) is 5.41 Å². The molecular weight excluding hydrogens is 256 g/mol. The summed E-state index contributed by atoms with van der Waals surface area (Å²) >= 11 is 0. The lowest BCUT2D eigenvalue weighted by molar-refractivity contribution is -0.134. The molecule has 2 fully saturated rings. The molecule has 1 unspecified atom stereocenters. The predicted molar refractivity (Wildman–Crippen MR) is 73.2 cm³/mol. The average Bonchev–Trinajstić information content (AvgIpc) is 3.19. The van der Waals surface area contributed by atoms with Crippen molar-refractivity contribution in [1.29, 1.82) is 0 Å². The van der Waals surface area contributed by atoms with Gasteiger partial charge in [-0.15, -0.1) is 0 Å². The summed E-state index contributed by atoms with van der Waals surface area (Å²) < 4.78 is 0. The molecule has 0 radical (unpaired) electrons. The molecule has 2 atom stereocenters. The Morgan fingerprint density at radius 1 is 1.40 bits per heavy atom. The summed E-state index contributed by atoms with van der Waals surface area (Å²) in [5.74, 6) is 0.0904. The highest BCUT2D eigenvalue weighted by molar-refractivity contribution is 5.90. The molecule has 0 bridgehead atoms. The molecule has 2 amide bonds. The molecule has 3 rings (SSSR count). The van der Waals surface area contributed by atoms with Crippen molar-refractivity contribution in [3.8, 4) is 0 Å². The first-order valence-electron chi connectivity index (χ1n) is 6.90. The topological polar surface area (TPSA) is 69.6 Å². The Kier molecular flexibility index (Phi) is 2.92. The van der Waals surface area contributed by atoms with Crippen LogP contribution < -0.4 is 5.32 Å². The van der Waals surface area contributed by atoms with Crippen LogP contribution in [0.15, 0.2) is 30.3 Å². The number of hydrogen-bond donors (Lipinski definition) is 2. The average molecular weight is 274 g/mol. The molecule has 106 valence electrons. The number of nitrogens with zero attached hydrogens (tertiary/aromatic N) is 1. The molecule has 1 spiro atoms. The Bertz CT molecular complexity index is 539. The van der Waals surface area contributed by atoms with Crippen LogP contribution in [0.4, 0.5) is 4.79 Å². The standard InChI is InChI=1S/C15H18N2O3/c1-10(11-5-3-2-4-6-11)17-9-12(16-14(19)20)15(7-8-15)13(17)18/h2-6,10,12,16H,7-9H2,1H3,(H,19,20)/t10-,12?/m1/s1. The molecule has 5 nitrogen and oxygen atoms in total. The van der Waals surface area contributed by atoms with Gasteiger partial charge in [0.25, 0.3) is 0 Å². The Morgan fingerprint density at radius 2 is 2.05 bits per heavy atom. The first-order valence-corrected chi connectivity index (χ1v) is 6.90. The van der Waals surface area contributed by atoms with Gasteiger partial charge in [0.15, 0.2) is 0 Å². The SMILES string of the molecule is C[C@H](c1ccccc1)N1CC(NC(=O)O)C2(CC2)C1=O. The molecule has 1 heterocycles. The summed E-state index contributed by atoms with van der Waals surface area (Å²) in [6.07, 6.45) is 0.520. The first-order chi connectivity index (χ1) is 9.54. The lowest BCUT2D eigenvalue weighted by Crippen LogP contribution is -2.41. The lowest BCUT2D eigenvalue weighted by Gasteiger charge is -2.25. The third-order valence-corrected chi connectivity index (χ3v) is 4.57. The van der Waals surface area contributed by atoms with Crippen molar-refractivity contribution >= 4 is 12.0 Å². The van der Waals surface area contributed by atoms with Gasteiger partial charge in [0.1, 0.15) is 0 Å². The van der Waals surface area contributed by atoms with Crippen molar-refractivity contribution in [2.45, 2.75) is 31.8 Å². The van der Waals surface area contributed by atoms with Crippen molar-refractivity contribution in [3.05, 3.63) is 35.9 Å². The van der Waals surface area contributed by atoms with Gasteiger partial charge in [0.2, 0.25) is 5.91 Å². The van der Waals surface area contributed by atoms with E-state index in [9.17, 15) is 9.59 Å². The Morgan fingerprint density at radius 3 is 2.60 bits per heavy atom. The van der Waals surface area contributed by atoms with Crippen molar-refractivity contribution in [2.75, 3.05) is 6.54 Å². The zero-order valence-electron chi connectivity index (χ0n) is 11.4. The minimum atomic E-state index is -1.05. The molecule has 1 aromatic carbocycles. The van der Waals surface area contributed by atoms with E-state index in [4.69, 9.17) is 5.11 Å². The molecule has 2 N–H and O–H groups in total. The molecule has 1 aliphatic carbocycles. The molecule has 0 aromatic heterocycles. The molecule has 20 heavy (non-hydrogen) atoms. The van der Waals surface area contributed by atoms with E-state index in [1.54, 1.807) is 0 Å². The van der Waals surface area contributed by atoms with Gasteiger partial charge in [-0.25, -0.2) is 4.79 Å². The van der Waals surface area contributed by atoms with Gasteiger partial charge in [-0.3, -0.25) is 4.79 Å². The van der Waals surface area contributed by atoms with E-state index in [1.165, 1.54) is 0 Å². The molecular formula is C15H18N2O3. The zero-order chi connectivity index (χ0) is 14.3. The van der Waals surface area contributed by atoms with E-state index in [0.29, 0.717) is 6.54 Å². The van der Waals surface area contributed by atoms with Crippen LogP contribution >= 0.6 is 0 Å². The van der Waals surface area contributed by atoms with Gasteiger partial charge < -0.3 is 15.3 Å². The molecule has 1 saturated heterocycles. The highest BCUT2D eigenvalue weighted by Crippen LogP contribution is 2.55. The van der Waals surface area contributed by atoms with E-state index in [-0.39, 0.29) is 18.0 Å². The second-order valence-electron chi connectivity index (χ2n) is 5.70. The summed E-state index contributed by atoms with van der Waals surface area (Å²) in [7, 11) is 0. The Balaban J connectivity index is 1.82. The van der Waals surface area contributed by atoms with Crippen molar-refractivity contribution in [3.63, 3.8) is 0 Å². The maximum absolute atomic E-state index is 12.6. The van der Waals surface area contributed by atoms with Crippen molar-refractivity contribution < 1.29 is 14.7 Å². The van der Waals surface area contributed by atoms with Crippen LogP contribution in [0.1, 0.15) is 31.4 Å². The number of likely N-dealkylation sites (tertiary alicyclic amines) is 1. The van der Waals surface area contributed by atoms with Gasteiger partial charge in [0.05, 0.1) is 17.5 Å². The first kappa shape index (κ1) is 13.0. The minimum Gasteiger partial charge on any atom is -0.465 e. The minimum absolute atomic E-state index is 0.0261. The largest absolute Gasteiger partial charge is 0.465 e. The number of carbonyl (C=O) groups is 2. The maximum Gasteiger partial charge on any atom is 0.404 e. The number of nitrogens with one attached hydrogen (secondary N) is 1. The van der Waals surface area contributed by atoms with Gasteiger partial charge in [-0.2, -0.15) is 0 Å². The van der Waals surface area contributed by atoms with Crippen LogP contribution in [-0.2, 0) is 4.79 Å². The summed E-state index contributed by atoms with van der Waals surface area (Å²) in [4.78, 5) is 25.3. The number of carbonyl (C=O) groups excluding carboxylic acids is 1. The lowest BCUT2D eigenvalue weighted by atomic mass is 10.0. The second-order valence-corrected chi connectivity index (χ2v) is 5.70. The predicted octanol–water partition coefficient (Wildman–Crippen LogP) is 2.01. The normalized spacial score (nSPS) is 24.8. The van der Waals surface area contributed by atoms with Gasteiger partial charge in [-0.05, 0) is 25.3 Å². The zero-order valence-corrected chi connectivity index (χ0v) is 11.4. The second kappa shape index (κ2) is 4.51. The summed E-state index contributed by atoms with van der Waals surface area (Å²) in [5, 5.41) is 11.4. The number of amides is 2. The van der Waals surface area contributed by atoms with Crippen LogP contribution in [0.25, 0.3) is 0 Å². The highest BCUT2D eigenvalue weighted by Gasteiger charge is 2.63. The van der Waals surface area contributed by atoms with Crippen LogP contribution in [-0.4, -0.2) is 34.6 Å². The number of benzene rings is 1. The van der Waals surface area contributed by atoms with E-state index in [0.717, 1.165) is 18.4 Å². The van der Waals surface area contributed by atoms with E-state index in [2.05, 4.69) is 5.32 Å². The molecule has 2 aliphatic rings. The van der Waals surface area contributed by atoms with Crippen LogP contribution in [0, 0.1) is 5.41 Å². The summed E-state index contributed by atoms with van der Waals surface area (Å²) in [6.45, 7) is 2.45. The third-order valence-electron chi connectivity index (χ3n) is 4.57. The van der Waals surface area contributed by atoms with Crippen LogP contribution in [0.2, 0.25) is 0 Å². The van der Waals surface area contributed by atoms with Gasteiger partial charge >= 0.3 is 6.09 Å². The quantitative estimate of drug-likeness (QED) is 0.885. The van der Waals surface area contributed by atoms with E-state index in [1.807, 2.05) is 42.2 Å². The number of carboxylic acid groups (broad SMARTS) is 1. The number of rotatable bonds is 3. The third kappa shape index (κ3) is 1.94. The molecule has 1 saturated carbocycles. The molecule has 1 aliphatic heterocycles. The monoisotopic (exact) mass is 274 g/mol. The number of hydrogen-bond acceptors (Lipinski definition) is 2. The summed E-state index contributed by atoms with van der Waals surface area (Å²) in [5.41, 5.74) is 0.606. The maximum atomic E-state index is 12.6. The van der Waals surface area contributed by atoms with Crippen LogP contribution in [0.3, 0.4) is 0 Å². The Hall–Kier alpha value is -2.04.